The van der Waals surface area contributed by atoms with Crippen molar-refractivity contribution >= 4 is 64.1 Å². The Morgan fingerprint density at radius 1 is 1.20 bits per heavy atom. The van der Waals surface area contributed by atoms with E-state index in [1.807, 2.05) is 20.8 Å². The number of benzene rings is 2. The molecule has 200 valence electrons. The van der Waals surface area contributed by atoms with Crippen LogP contribution in [0.3, 0.4) is 0 Å². The van der Waals surface area contributed by atoms with E-state index in [1.165, 1.54) is 30.7 Å². The van der Waals surface area contributed by atoms with E-state index in [0.29, 0.717) is 28.0 Å². The van der Waals surface area contributed by atoms with Crippen LogP contribution in [-0.4, -0.2) is 57.3 Å². The average Bonchev–Trinajstić information content (AvgIpc) is 2.81. The molecule has 1 heterocycles. The number of allylic oxidation sites excluding steroid dienone is 1. The standard InChI is InChI=1S/C27H26B3ClFN5O3/c1-14-7-15(9-23(38)36-16(12-33)13-35-26(2,3)4)8-19(31)24(14)40-22-5-6-34-21-11-20(32)17(10-18(21)22)25(39)37-27(28,29)30/h5-8,10-13H,9,33H2,1-4H3,(H,36,38)(H,37,39)/b16-12+,35-13?. The van der Waals surface area contributed by atoms with Gasteiger partial charge in [-0.25, -0.2) is 4.39 Å². The first kappa shape index (κ1) is 30.8. The molecule has 0 atom stereocenters. The number of nitrogens with zero attached hydrogens (tertiary/aromatic N) is 2. The molecule has 0 saturated carbocycles. The number of aryl methyl sites for hydroxylation is 1. The van der Waals surface area contributed by atoms with Gasteiger partial charge in [0.2, 0.25) is 5.91 Å². The van der Waals surface area contributed by atoms with Gasteiger partial charge in [-0.3, -0.25) is 19.6 Å². The molecule has 2 aromatic carbocycles. The first-order valence-corrected chi connectivity index (χ1v) is 12.5. The Hall–Kier alpha value is -3.79. The predicted molar refractivity (Wildman–Crippen MR) is 158 cm³/mol. The SMILES string of the molecule is [B]C([B])([B])NC(=O)c1cc2c(Oc3c(C)cc(CC(=O)N/C(C=NC(C)(C)C)=C/N)cc3Cl)ccnc2cc1F. The number of aromatic nitrogens is 1. The summed E-state index contributed by atoms with van der Waals surface area (Å²) in [7, 11) is 16.2. The molecule has 13 heteroatoms. The maximum absolute atomic E-state index is 14.6. The molecule has 2 amide bonds. The molecule has 0 saturated heterocycles. The number of rotatable bonds is 8. The van der Waals surface area contributed by atoms with Crippen LogP contribution in [0, 0.1) is 12.7 Å². The second kappa shape index (κ2) is 12.2. The largest absolute Gasteiger partial charge is 0.455 e. The molecular weight excluding hydrogens is 529 g/mol. The Labute approximate surface area is 241 Å². The highest BCUT2D eigenvalue weighted by Gasteiger charge is 2.20. The van der Waals surface area contributed by atoms with Crippen LogP contribution in [0.2, 0.25) is 5.02 Å². The fraction of sp³-hybridized carbons (Fsp3) is 0.259. The number of aliphatic imine (C=N–C) groups is 1. The molecule has 0 spiro atoms. The van der Waals surface area contributed by atoms with Crippen LogP contribution in [0.4, 0.5) is 4.39 Å². The molecule has 3 aromatic rings. The number of ether oxygens (including phenoxy) is 1. The highest BCUT2D eigenvalue weighted by Crippen LogP contribution is 2.37. The number of amides is 2. The van der Waals surface area contributed by atoms with Crippen LogP contribution >= 0.6 is 11.6 Å². The quantitative estimate of drug-likeness (QED) is 0.291. The molecule has 0 fully saturated rings. The highest BCUT2D eigenvalue weighted by atomic mass is 35.5. The molecule has 8 nitrogen and oxygen atoms in total. The number of fused-ring (bicyclic) bond motifs is 1. The number of halogens is 2. The fourth-order valence-electron chi connectivity index (χ4n) is 3.58. The van der Waals surface area contributed by atoms with Crippen LogP contribution < -0.4 is 21.1 Å². The number of nitrogens with one attached hydrogen (secondary N) is 2. The van der Waals surface area contributed by atoms with Gasteiger partial charge in [0.1, 0.15) is 17.3 Å². The fourth-order valence-corrected chi connectivity index (χ4v) is 3.91. The zero-order chi connectivity index (χ0) is 29.8. The van der Waals surface area contributed by atoms with Crippen LogP contribution in [0.5, 0.6) is 11.5 Å². The summed E-state index contributed by atoms with van der Waals surface area (Å²) in [5, 5.41) is 3.33. The van der Waals surface area contributed by atoms with E-state index in [0.717, 1.165) is 6.07 Å². The second-order valence-electron chi connectivity index (χ2n) is 10.1. The number of nitrogens with two attached hydrogens (primary N) is 1. The number of carbonyl (C=O) groups is 2. The van der Waals surface area contributed by atoms with Crippen LogP contribution in [0.1, 0.15) is 42.3 Å². The topological polar surface area (TPSA) is 119 Å². The third-order valence-corrected chi connectivity index (χ3v) is 5.57. The summed E-state index contributed by atoms with van der Waals surface area (Å²) >= 11 is 6.54. The molecule has 0 aliphatic carbocycles. The Balaban J connectivity index is 1.86. The lowest BCUT2D eigenvalue weighted by molar-refractivity contribution is -0.119. The summed E-state index contributed by atoms with van der Waals surface area (Å²) in [6, 6.07) is 7.22. The zero-order valence-corrected chi connectivity index (χ0v) is 23.3. The molecular formula is C27H26B3ClFN5O3. The minimum Gasteiger partial charge on any atom is -0.455 e. The van der Waals surface area contributed by atoms with Crippen LogP contribution in [0.25, 0.3) is 10.9 Å². The van der Waals surface area contributed by atoms with E-state index in [-0.39, 0.29) is 39.7 Å². The number of hydrogen-bond acceptors (Lipinski definition) is 6. The number of hydrogen-bond donors (Lipinski definition) is 3. The van der Waals surface area contributed by atoms with Gasteiger partial charge in [-0.1, -0.05) is 22.9 Å². The molecule has 0 aliphatic heterocycles. The molecule has 4 N–H and O–H groups in total. The van der Waals surface area contributed by atoms with E-state index in [9.17, 15) is 14.0 Å². The van der Waals surface area contributed by atoms with Crippen molar-refractivity contribution in [2.45, 2.75) is 44.9 Å². The minimum atomic E-state index is -2.04. The van der Waals surface area contributed by atoms with Crippen molar-refractivity contribution in [2.75, 3.05) is 0 Å². The number of pyridine rings is 1. The van der Waals surface area contributed by atoms with Crippen molar-refractivity contribution in [2.24, 2.45) is 10.7 Å². The molecule has 6 radical (unpaired) electrons. The van der Waals surface area contributed by atoms with Gasteiger partial charge >= 0.3 is 0 Å². The minimum absolute atomic E-state index is 0.0163. The van der Waals surface area contributed by atoms with Crippen molar-refractivity contribution in [1.29, 1.82) is 0 Å². The third-order valence-electron chi connectivity index (χ3n) is 5.29. The van der Waals surface area contributed by atoms with Gasteiger partial charge in [-0.05, 0) is 57.0 Å². The summed E-state index contributed by atoms with van der Waals surface area (Å²) in [5.74, 6) is -1.53. The van der Waals surface area contributed by atoms with E-state index in [4.69, 9.17) is 45.6 Å². The van der Waals surface area contributed by atoms with Gasteiger partial charge in [-0.2, -0.15) is 0 Å². The smallest absolute Gasteiger partial charge is 0.252 e. The summed E-state index contributed by atoms with van der Waals surface area (Å²) in [6.45, 7) is 7.52. The molecule has 0 aliphatic rings. The Kier molecular flexibility index (Phi) is 9.35. The summed E-state index contributed by atoms with van der Waals surface area (Å²) in [5.41, 5.74) is 6.78. The normalized spacial score (nSPS) is 12.5. The summed E-state index contributed by atoms with van der Waals surface area (Å²) in [6.07, 6.45) is 4.21. The monoisotopic (exact) mass is 555 g/mol. The lowest BCUT2D eigenvalue weighted by atomic mass is 9.49. The predicted octanol–water partition coefficient (Wildman–Crippen LogP) is 3.30. The number of carbonyl (C=O) groups excluding carboxylic acids is 2. The van der Waals surface area contributed by atoms with Gasteiger partial charge in [0, 0.05) is 30.1 Å². The van der Waals surface area contributed by atoms with Gasteiger partial charge < -0.3 is 21.1 Å². The molecule has 0 unspecified atom stereocenters. The van der Waals surface area contributed by atoms with Gasteiger partial charge in [0.25, 0.3) is 5.91 Å². The maximum atomic E-state index is 14.6. The van der Waals surface area contributed by atoms with Crippen molar-refractivity contribution in [1.82, 2.24) is 15.6 Å². The Morgan fingerprint density at radius 3 is 2.50 bits per heavy atom. The summed E-state index contributed by atoms with van der Waals surface area (Å²) in [4.78, 5) is 33.6. The zero-order valence-electron chi connectivity index (χ0n) is 22.5. The first-order valence-electron chi connectivity index (χ1n) is 12.1. The second-order valence-corrected chi connectivity index (χ2v) is 10.6. The van der Waals surface area contributed by atoms with Crippen molar-refractivity contribution < 1.29 is 18.7 Å². The van der Waals surface area contributed by atoms with E-state index in [2.05, 4.69) is 20.6 Å². The lowest BCUT2D eigenvalue weighted by Gasteiger charge is -2.22. The van der Waals surface area contributed by atoms with Crippen molar-refractivity contribution in [3.05, 3.63) is 76.0 Å². The average molecular weight is 555 g/mol. The van der Waals surface area contributed by atoms with E-state index >= 15 is 0 Å². The van der Waals surface area contributed by atoms with Crippen LogP contribution in [-0.2, 0) is 11.2 Å². The first-order chi connectivity index (χ1) is 18.6. The van der Waals surface area contributed by atoms with Gasteiger partial charge in [0.15, 0.2) is 0 Å². The van der Waals surface area contributed by atoms with E-state index in [1.54, 1.807) is 19.1 Å². The Morgan fingerprint density at radius 2 is 1.90 bits per heavy atom. The van der Waals surface area contributed by atoms with Crippen LogP contribution in [0.15, 0.2) is 53.4 Å². The third kappa shape index (κ3) is 8.36. The van der Waals surface area contributed by atoms with Crippen molar-refractivity contribution in [3.8, 4) is 11.5 Å². The van der Waals surface area contributed by atoms with Gasteiger partial charge in [0.05, 0.1) is 57.3 Å². The Bertz CT molecular complexity index is 1490. The van der Waals surface area contributed by atoms with E-state index < -0.39 is 17.0 Å². The summed E-state index contributed by atoms with van der Waals surface area (Å²) < 4.78 is 20.7. The molecule has 40 heavy (non-hydrogen) atoms. The molecule has 0 bridgehead atoms. The molecule has 1 aromatic heterocycles. The molecule has 3 rings (SSSR count). The maximum Gasteiger partial charge on any atom is 0.252 e. The van der Waals surface area contributed by atoms with Crippen molar-refractivity contribution in [3.63, 3.8) is 0 Å². The lowest BCUT2D eigenvalue weighted by Crippen LogP contribution is -2.50. The van der Waals surface area contributed by atoms with Gasteiger partial charge in [-0.15, -0.1) is 0 Å². The highest BCUT2D eigenvalue weighted by molar-refractivity contribution is 6.60.